The molecule has 17 nitrogen and oxygen atoms in total. The Morgan fingerprint density at radius 1 is 0.703 bits per heavy atom. The molecule has 17 heteroatoms. The van der Waals surface area contributed by atoms with Crippen molar-refractivity contribution in [3.63, 3.8) is 0 Å². The van der Waals surface area contributed by atoms with Crippen LogP contribution in [0.1, 0.15) is 113 Å². The largest absolute Gasteiger partial charge is 0.394 e. The van der Waals surface area contributed by atoms with E-state index in [0.29, 0.717) is 44.0 Å². The first-order chi connectivity index (χ1) is 30.0. The van der Waals surface area contributed by atoms with Gasteiger partial charge in [-0.25, -0.2) is 0 Å². The zero-order valence-corrected chi connectivity index (χ0v) is 38.4. The number of aldehydes is 1. The molecule has 0 aromatic rings. The molecule has 64 heavy (non-hydrogen) atoms. The lowest BCUT2D eigenvalue weighted by atomic mass is 9.30. The number of hydrogen-bond acceptors (Lipinski definition) is 17. The fourth-order valence-corrected chi connectivity index (χ4v) is 15.9. The molecule has 2 bridgehead atoms. The minimum atomic E-state index is -1.76. The maximum Gasteiger partial charge on any atom is 0.187 e. The molecule has 364 valence electrons. The Morgan fingerprint density at radius 2 is 1.41 bits per heavy atom. The summed E-state index contributed by atoms with van der Waals surface area (Å²) in [5.41, 5.74) is -2.46. The summed E-state index contributed by atoms with van der Waals surface area (Å²) in [7, 11) is 0. The number of aliphatic hydroxyl groups is 8. The van der Waals surface area contributed by atoms with Gasteiger partial charge in [0.15, 0.2) is 18.9 Å². The van der Waals surface area contributed by atoms with Gasteiger partial charge >= 0.3 is 0 Å². The summed E-state index contributed by atoms with van der Waals surface area (Å²) in [6, 6.07) is 0. The van der Waals surface area contributed by atoms with E-state index >= 15 is 0 Å². The fourth-order valence-electron chi connectivity index (χ4n) is 15.9. The average molecular weight is 911 g/mol. The van der Waals surface area contributed by atoms with E-state index in [-0.39, 0.29) is 40.8 Å². The molecule has 0 aromatic carbocycles. The molecule has 4 aliphatic heterocycles. The Kier molecular flexibility index (Phi) is 12.1. The molecule has 0 aromatic heterocycles. The van der Waals surface area contributed by atoms with Gasteiger partial charge in [0.25, 0.3) is 0 Å². The number of Topliss-reactive ketones (excluding diaryl/α,β-unsaturated/α-hetero) is 1. The lowest BCUT2D eigenvalue weighted by molar-refractivity contribution is -0.382. The highest BCUT2D eigenvalue weighted by molar-refractivity contribution is 5.89. The van der Waals surface area contributed by atoms with Crippen molar-refractivity contribution in [3.05, 3.63) is 0 Å². The van der Waals surface area contributed by atoms with E-state index in [0.717, 1.165) is 44.8 Å². The van der Waals surface area contributed by atoms with Crippen LogP contribution in [-0.2, 0) is 42.7 Å². The SMILES string of the molecule is C[C@@H]1O[C@@H](O[C@H]2[C@H](O[C@H]3CO[C@@H](O[C@H]4CC[C@@]5(C)[C@H]6CC[C@]78OC[C@@]9(CC[C@](C)(C=O)C[C@H]97)C(=O)C[C@@]8(C)[C@]6(C)CC[C@H]5C4(C)C)[C@H](O)[C@H]3O)O[C@H](CO)[C@@H](O)[C@@H]2O)[C@H](O)[C@H](O)[C@H]1O. The topological polar surface area (TPSA) is 261 Å². The van der Waals surface area contributed by atoms with Gasteiger partial charge in [0.05, 0.1) is 43.0 Å². The molecular weight excluding hydrogens is 837 g/mol. The van der Waals surface area contributed by atoms with Crippen LogP contribution in [0.4, 0.5) is 0 Å². The molecule has 4 saturated heterocycles. The van der Waals surface area contributed by atoms with Crippen molar-refractivity contribution < 1.29 is 83.6 Å². The second kappa shape index (κ2) is 16.2. The van der Waals surface area contributed by atoms with Crippen LogP contribution in [0.3, 0.4) is 0 Å². The van der Waals surface area contributed by atoms with E-state index in [1.54, 1.807) is 0 Å². The molecule has 24 atom stereocenters. The smallest absolute Gasteiger partial charge is 0.187 e. The normalized spacial score (nSPS) is 58.1. The molecule has 5 saturated carbocycles. The second-order valence-corrected chi connectivity index (χ2v) is 23.2. The maximum atomic E-state index is 14.5. The Morgan fingerprint density at radius 3 is 2.11 bits per heavy atom. The lowest BCUT2D eigenvalue weighted by Gasteiger charge is -2.74. The van der Waals surface area contributed by atoms with Gasteiger partial charge in [0.1, 0.15) is 73.1 Å². The van der Waals surface area contributed by atoms with E-state index in [4.69, 9.17) is 33.2 Å². The summed E-state index contributed by atoms with van der Waals surface area (Å²) in [4.78, 5) is 27.0. The van der Waals surface area contributed by atoms with Gasteiger partial charge in [-0.3, -0.25) is 4.79 Å². The van der Waals surface area contributed by atoms with E-state index in [1.165, 1.54) is 6.92 Å². The van der Waals surface area contributed by atoms with Crippen molar-refractivity contribution in [2.75, 3.05) is 19.8 Å². The number of aliphatic hydroxyl groups excluding tert-OH is 8. The Balaban J connectivity index is 0.883. The molecule has 9 fully saturated rings. The average Bonchev–Trinajstić information content (AvgIpc) is 3.53. The Bertz CT molecular complexity index is 1780. The molecular formula is C47H74O17. The number of fused-ring (bicyclic) bond motifs is 4. The quantitative estimate of drug-likeness (QED) is 0.124. The van der Waals surface area contributed by atoms with Crippen LogP contribution in [0.25, 0.3) is 0 Å². The summed E-state index contributed by atoms with van der Waals surface area (Å²) in [5, 5.41) is 85.8. The molecule has 9 rings (SSSR count). The lowest BCUT2D eigenvalue weighted by Crippen LogP contribution is -2.73. The van der Waals surface area contributed by atoms with E-state index in [1.807, 2.05) is 0 Å². The summed E-state index contributed by atoms with van der Waals surface area (Å²) < 4.78 is 43.0. The van der Waals surface area contributed by atoms with Crippen LogP contribution < -0.4 is 0 Å². The van der Waals surface area contributed by atoms with Gasteiger partial charge in [-0.2, -0.15) is 0 Å². The Hall–Kier alpha value is -1.26. The highest BCUT2D eigenvalue weighted by atomic mass is 16.8. The van der Waals surface area contributed by atoms with Crippen molar-refractivity contribution in [2.24, 2.45) is 50.2 Å². The fraction of sp³-hybridized carbons (Fsp3) is 0.957. The predicted octanol–water partition coefficient (Wildman–Crippen LogP) is 0.879. The zero-order valence-electron chi connectivity index (χ0n) is 38.4. The molecule has 0 amide bonds. The minimum Gasteiger partial charge on any atom is -0.394 e. The van der Waals surface area contributed by atoms with Crippen LogP contribution in [-0.4, -0.2) is 170 Å². The van der Waals surface area contributed by atoms with Gasteiger partial charge < -0.3 is 78.8 Å². The van der Waals surface area contributed by atoms with Gasteiger partial charge in [0, 0.05) is 23.2 Å². The molecule has 4 heterocycles. The first-order valence-corrected chi connectivity index (χ1v) is 23.9. The molecule has 0 unspecified atom stereocenters. The van der Waals surface area contributed by atoms with Crippen LogP contribution in [0.5, 0.6) is 0 Å². The van der Waals surface area contributed by atoms with Gasteiger partial charge in [0.2, 0.25) is 0 Å². The standard InChI is InChI=1S/C47H74O17/c1-22-30(51)33(54)36(57)39(60-22)64-37-34(55)31(52)23(18-48)61-40(37)62-24-19-58-38(35(56)32(24)53)63-29-10-11-43(5)25(41(29,2)3)8-12-44(6)26(43)9-13-47-27-16-42(4,20-49)14-15-46(27,21-59-47)28(50)17-45(44,47)7/h20,22-27,29-40,48,51-57H,8-19,21H2,1-7H3/t22-,23+,24-,25-,26+,27+,29-,30-,31+,32-,33+,34-,35+,36+,37+,38-,39-,40-,42-,43+,44+,45-,46+,47-/m0/s1. The third kappa shape index (κ3) is 6.64. The van der Waals surface area contributed by atoms with Crippen molar-refractivity contribution >= 4 is 12.1 Å². The van der Waals surface area contributed by atoms with Crippen molar-refractivity contribution in [2.45, 2.75) is 210 Å². The molecule has 1 spiro atoms. The first kappa shape index (κ1) is 47.8. The van der Waals surface area contributed by atoms with E-state index in [9.17, 15) is 50.4 Å². The van der Waals surface area contributed by atoms with Crippen LogP contribution in [0, 0.1) is 50.2 Å². The van der Waals surface area contributed by atoms with E-state index in [2.05, 4.69) is 41.5 Å². The predicted molar refractivity (Wildman–Crippen MR) is 222 cm³/mol. The van der Waals surface area contributed by atoms with Gasteiger partial charge in [-0.15, -0.1) is 0 Å². The number of rotatable bonds is 8. The summed E-state index contributed by atoms with van der Waals surface area (Å²) in [6.45, 7) is 14.6. The molecule has 5 aliphatic carbocycles. The minimum absolute atomic E-state index is 0.0307. The summed E-state index contributed by atoms with van der Waals surface area (Å²) in [5.74, 6) is 0.893. The molecule has 8 N–H and O–H groups in total. The van der Waals surface area contributed by atoms with Crippen molar-refractivity contribution in [1.29, 1.82) is 0 Å². The third-order valence-electron chi connectivity index (χ3n) is 19.9. The monoisotopic (exact) mass is 910 g/mol. The first-order valence-electron chi connectivity index (χ1n) is 23.9. The number of ketones is 1. The third-order valence-corrected chi connectivity index (χ3v) is 19.9. The van der Waals surface area contributed by atoms with Crippen molar-refractivity contribution in [3.8, 4) is 0 Å². The highest BCUT2D eigenvalue weighted by Gasteiger charge is 2.80. The number of hydrogen-bond donors (Lipinski definition) is 8. The Labute approximate surface area is 375 Å². The highest BCUT2D eigenvalue weighted by Crippen LogP contribution is 2.80. The van der Waals surface area contributed by atoms with Crippen LogP contribution in [0.2, 0.25) is 0 Å². The number of ether oxygens (including phenoxy) is 7. The summed E-state index contributed by atoms with van der Waals surface area (Å²) >= 11 is 0. The van der Waals surface area contributed by atoms with E-state index < -0.39 is 114 Å². The van der Waals surface area contributed by atoms with Crippen molar-refractivity contribution in [1.82, 2.24) is 0 Å². The molecule has 0 radical (unpaired) electrons. The van der Waals surface area contributed by atoms with Crippen LogP contribution in [0.15, 0.2) is 0 Å². The number of carbonyl (C=O) groups is 2. The second-order valence-electron chi connectivity index (χ2n) is 23.2. The summed E-state index contributed by atoms with van der Waals surface area (Å²) in [6.07, 6.45) is -12.4. The van der Waals surface area contributed by atoms with Gasteiger partial charge in [-0.1, -0.05) is 41.5 Å². The van der Waals surface area contributed by atoms with Gasteiger partial charge in [-0.05, 0) is 92.8 Å². The molecule has 9 aliphatic rings. The number of carbonyl (C=O) groups excluding carboxylic acids is 2. The zero-order chi connectivity index (χ0) is 46.3. The maximum absolute atomic E-state index is 14.5. The van der Waals surface area contributed by atoms with Crippen LogP contribution >= 0.6 is 0 Å².